The second-order valence-corrected chi connectivity index (χ2v) is 14.6. The van der Waals surface area contributed by atoms with Gasteiger partial charge in [-0.3, -0.25) is 9.59 Å². The maximum Gasteiger partial charge on any atom is 0.287 e. The van der Waals surface area contributed by atoms with E-state index in [4.69, 9.17) is 14.2 Å². The van der Waals surface area contributed by atoms with Gasteiger partial charge in [0, 0.05) is 30.3 Å². The summed E-state index contributed by atoms with van der Waals surface area (Å²) in [4.78, 5) is 29.4. The summed E-state index contributed by atoms with van der Waals surface area (Å²) in [5.74, 6) is -2.31. The Morgan fingerprint density at radius 2 is 1.93 bits per heavy atom. The number of amides is 1. The third-order valence-corrected chi connectivity index (χ3v) is 11.1. The van der Waals surface area contributed by atoms with Crippen LogP contribution >= 0.6 is 11.3 Å². The van der Waals surface area contributed by atoms with Gasteiger partial charge in [-0.15, -0.1) is 15.7 Å². The maximum atomic E-state index is 14.1. The number of nitrogens with one attached hydrogen (secondary N) is 2. The Kier molecular flexibility index (Phi) is 6.88. The molecule has 41 heavy (non-hydrogen) atoms. The van der Waals surface area contributed by atoms with E-state index in [2.05, 4.69) is 14.4 Å². The zero-order valence-corrected chi connectivity index (χ0v) is 24.8. The summed E-state index contributed by atoms with van der Waals surface area (Å²) in [6.07, 6.45) is 1.67. The number of benzene rings is 1. The van der Waals surface area contributed by atoms with Crippen LogP contribution < -0.4 is 19.5 Å². The van der Waals surface area contributed by atoms with Gasteiger partial charge in [0.1, 0.15) is 27.2 Å². The molecule has 1 amide bonds. The van der Waals surface area contributed by atoms with Gasteiger partial charge in [-0.1, -0.05) is 0 Å². The maximum absolute atomic E-state index is 14.1. The van der Waals surface area contributed by atoms with E-state index in [1.165, 1.54) is 19.6 Å². The van der Waals surface area contributed by atoms with Crippen molar-refractivity contribution in [3.05, 3.63) is 34.7 Å². The summed E-state index contributed by atoms with van der Waals surface area (Å²) in [6.45, 7) is -0.144. The minimum Gasteiger partial charge on any atom is -0.497 e. The highest BCUT2D eigenvalue weighted by atomic mass is 32.2. The van der Waals surface area contributed by atoms with Gasteiger partial charge in [0.15, 0.2) is 11.7 Å². The molecule has 5 unspecified atom stereocenters. The molecule has 1 aromatic heterocycles. The number of fused-ring (bicyclic) bond motifs is 6. The predicted molar refractivity (Wildman–Crippen MR) is 148 cm³/mol. The van der Waals surface area contributed by atoms with Crippen LogP contribution in [0.2, 0.25) is 0 Å². The number of ether oxygens (including phenoxy) is 3. The molecule has 220 valence electrons. The van der Waals surface area contributed by atoms with Crippen molar-refractivity contribution < 1.29 is 40.6 Å². The highest BCUT2D eigenvalue weighted by Gasteiger charge is 2.62. The van der Waals surface area contributed by atoms with E-state index in [1.54, 1.807) is 23.1 Å². The SMILES string of the molecule is COc1ccc(CN2C(=O)C(C3=NS(=O)(=O)c4c(CNS(C)(=O)=O)csc4N3)C(=O)C3C4CCC(O4)C32)c(OC)c1. The van der Waals surface area contributed by atoms with Crippen LogP contribution in [-0.4, -0.2) is 78.0 Å². The first-order chi connectivity index (χ1) is 19.4. The van der Waals surface area contributed by atoms with Crippen LogP contribution in [0.15, 0.2) is 32.9 Å². The molecule has 3 saturated heterocycles. The zero-order chi connectivity index (χ0) is 29.3. The van der Waals surface area contributed by atoms with E-state index in [9.17, 15) is 26.4 Å². The normalized spacial score (nSPS) is 28.1. The van der Waals surface area contributed by atoms with Gasteiger partial charge in [0.25, 0.3) is 10.0 Å². The van der Waals surface area contributed by atoms with Crippen LogP contribution in [0.4, 0.5) is 5.00 Å². The van der Waals surface area contributed by atoms with Crippen molar-refractivity contribution in [3.8, 4) is 11.5 Å². The molecule has 2 bridgehead atoms. The monoisotopic (exact) mass is 624 g/mol. The number of carbonyl (C=O) groups excluding carboxylic acids is 2. The molecule has 4 aliphatic heterocycles. The Bertz CT molecular complexity index is 1690. The van der Waals surface area contributed by atoms with E-state index in [1.807, 2.05) is 0 Å². The number of nitrogens with zero attached hydrogens (tertiary/aromatic N) is 2. The molecule has 3 fully saturated rings. The molecule has 0 radical (unpaired) electrons. The van der Waals surface area contributed by atoms with Crippen molar-refractivity contribution in [1.82, 2.24) is 9.62 Å². The zero-order valence-electron chi connectivity index (χ0n) is 22.3. The first kappa shape index (κ1) is 28.1. The number of sulfonamides is 2. The van der Waals surface area contributed by atoms with Crippen LogP contribution in [0.1, 0.15) is 24.0 Å². The van der Waals surface area contributed by atoms with Crippen molar-refractivity contribution in [2.45, 2.75) is 49.1 Å². The highest BCUT2D eigenvalue weighted by molar-refractivity contribution is 7.91. The number of likely N-dealkylation sites (tertiary alicyclic amines) is 1. The van der Waals surface area contributed by atoms with Crippen molar-refractivity contribution in [2.24, 2.45) is 16.2 Å². The van der Waals surface area contributed by atoms with Crippen LogP contribution in [0.25, 0.3) is 0 Å². The molecule has 0 aliphatic carbocycles. The van der Waals surface area contributed by atoms with Crippen molar-refractivity contribution in [2.75, 3.05) is 25.8 Å². The van der Waals surface area contributed by atoms with E-state index in [-0.39, 0.29) is 46.6 Å². The van der Waals surface area contributed by atoms with E-state index >= 15 is 0 Å². The number of Topliss-reactive ketones (excluding diaryl/α,β-unsaturated/α-hetero) is 1. The third kappa shape index (κ3) is 4.80. The molecule has 5 atom stereocenters. The number of rotatable bonds is 8. The number of thiophene rings is 1. The van der Waals surface area contributed by atoms with Crippen molar-refractivity contribution in [1.29, 1.82) is 0 Å². The summed E-state index contributed by atoms with van der Waals surface area (Å²) >= 11 is 1.02. The van der Waals surface area contributed by atoms with Gasteiger partial charge in [0.2, 0.25) is 15.9 Å². The fourth-order valence-electron chi connectivity index (χ4n) is 6.15. The Hall–Kier alpha value is -3.05. The minimum absolute atomic E-state index is 0.106. The molecule has 6 rings (SSSR count). The summed E-state index contributed by atoms with van der Waals surface area (Å²) < 4.78 is 72.9. The highest BCUT2D eigenvalue weighted by Crippen LogP contribution is 2.48. The smallest absolute Gasteiger partial charge is 0.287 e. The average Bonchev–Trinajstić information content (AvgIpc) is 3.64. The van der Waals surface area contributed by atoms with Crippen molar-refractivity contribution >= 4 is 53.9 Å². The van der Waals surface area contributed by atoms with Gasteiger partial charge in [-0.05, 0) is 30.4 Å². The molecular weight excluding hydrogens is 596 g/mol. The molecule has 2 N–H and O–H groups in total. The predicted octanol–water partition coefficient (Wildman–Crippen LogP) is 1.10. The van der Waals surface area contributed by atoms with Crippen LogP contribution in [-0.2, 0) is 47.5 Å². The van der Waals surface area contributed by atoms with Crippen molar-refractivity contribution in [3.63, 3.8) is 0 Å². The number of hydrogen-bond acceptors (Lipinski definition) is 11. The first-order valence-electron chi connectivity index (χ1n) is 12.8. The molecular formula is C25H28N4O9S3. The van der Waals surface area contributed by atoms with Gasteiger partial charge < -0.3 is 24.4 Å². The standard InChI is InChI=1S/C25H28N4O9S3/c1-36-14-5-4-12(17(8-14)37-2)10-29-20-16-7-6-15(38-16)18(20)21(30)19(25(29)31)23-27-24-22(41(34,35)28-23)13(11-39-24)9-26-40(3,32)33/h4-5,8,11,15-16,18-20,26H,6-7,9-10H2,1-3H3,(H,27,28). The van der Waals surface area contributed by atoms with Gasteiger partial charge in [-0.25, -0.2) is 13.1 Å². The van der Waals surface area contributed by atoms with Crippen LogP contribution in [0.5, 0.6) is 11.5 Å². The molecule has 16 heteroatoms. The number of methoxy groups -OCH3 is 2. The lowest BCUT2D eigenvalue weighted by Gasteiger charge is -2.44. The number of piperidine rings is 1. The largest absolute Gasteiger partial charge is 0.497 e. The van der Waals surface area contributed by atoms with Gasteiger partial charge in [-0.2, -0.15) is 8.42 Å². The number of anilines is 1. The molecule has 0 saturated carbocycles. The fraction of sp³-hybridized carbons (Fsp3) is 0.480. The Morgan fingerprint density at radius 3 is 2.63 bits per heavy atom. The lowest BCUT2D eigenvalue weighted by molar-refractivity contribution is -0.151. The second-order valence-electron chi connectivity index (χ2n) is 10.4. The second kappa shape index (κ2) is 10.0. The Labute approximate surface area is 241 Å². The number of carbonyl (C=O) groups is 2. The van der Waals surface area contributed by atoms with Gasteiger partial charge >= 0.3 is 0 Å². The van der Waals surface area contributed by atoms with Crippen LogP contribution in [0, 0.1) is 11.8 Å². The first-order valence-corrected chi connectivity index (χ1v) is 17.0. The van der Waals surface area contributed by atoms with E-state index < -0.39 is 49.6 Å². The molecule has 13 nitrogen and oxygen atoms in total. The van der Waals surface area contributed by atoms with Crippen LogP contribution in [0.3, 0.4) is 0 Å². The number of ketones is 1. The lowest BCUT2D eigenvalue weighted by Crippen LogP contribution is -2.62. The quantitative estimate of drug-likeness (QED) is 0.406. The molecule has 2 aromatic rings. The van der Waals surface area contributed by atoms with E-state index in [0.717, 1.165) is 17.6 Å². The summed E-state index contributed by atoms with van der Waals surface area (Å²) in [5, 5.41) is 4.57. The minimum atomic E-state index is -4.36. The fourth-order valence-corrected chi connectivity index (χ4v) is 9.22. The third-order valence-electron chi connectivity index (χ3n) is 7.91. The molecule has 0 spiro atoms. The summed E-state index contributed by atoms with van der Waals surface area (Å²) in [6, 6.07) is 4.74. The Morgan fingerprint density at radius 1 is 1.17 bits per heavy atom. The molecule has 4 aliphatic rings. The lowest BCUT2D eigenvalue weighted by atomic mass is 9.73. The summed E-state index contributed by atoms with van der Waals surface area (Å²) in [7, 11) is -4.89. The molecule has 5 heterocycles. The topological polar surface area (TPSA) is 170 Å². The van der Waals surface area contributed by atoms with E-state index in [0.29, 0.717) is 29.9 Å². The Balaban J connectivity index is 1.36. The average molecular weight is 625 g/mol. The van der Waals surface area contributed by atoms with Gasteiger partial charge in [0.05, 0.1) is 44.6 Å². The number of amidine groups is 1. The number of hydrogen-bond donors (Lipinski definition) is 2. The summed E-state index contributed by atoms with van der Waals surface area (Å²) in [5.41, 5.74) is 0.896. The molecule has 1 aromatic carbocycles.